The van der Waals surface area contributed by atoms with Crippen LogP contribution in [0.4, 0.5) is 0 Å². The van der Waals surface area contributed by atoms with Gasteiger partial charge in [-0.25, -0.2) is 0 Å². The normalized spacial score (nSPS) is 21.8. The monoisotopic (exact) mass is 164 g/mol. The summed E-state index contributed by atoms with van der Waals surface area (Å²) in [5, 5.41) is 3.56. The molecule has 2 N–H and O–H groups in total. The predicted octanol–water partition coefficient (Wildman–Crippen LogP) is 2.00. The fourth-order valence-electron chi connectivity index (χ4n) is 1.98. The average Bonchev–Trinajstić information content (AvgIpc) is 2.52. The molecule has 66 valence electrons. The van der Waals surface area contributed by atoms with Gasteiger partial charge in [-0.2, -0.15) is 0 Å². The van der Waals surface area contributed by atoms with Gasteiger partial charge in [0.2, 0.25) is 0 Å². The molecule has 1 heterocycles. The van der Waals surface area contributed by atoms with Gasteiger partial charge in [0.1, 0.15) is 0 Å². The first-order chi connectivity index (χ1) is 5.77. The molecule has 0 bridgehead atoms. The minimum absolute atomic E-state index is 0.579. The van der Waals surface area contributed by atoms with Crippen LogP contribution in [0.15, 0.2) is 12.4 Å². The predicted molar refractivity (Wildman–Crippen MR) is 50.1 cm³/mol. The highest BCUT2D eigenvalue weighted by Gasteiger charge is 2.22. The van der Waals surface area contributed by atoms with Crippen molar-refractivity contribution in [2.45, 2.75) is 38.8 Å². The third-order valence-corrected chi connectivity index (χ3v) is 2.48. The van der Waals surface area contributed by atoms with E-state index in [1.54, 1.807) is 0 Å². The van der Waals surface area contributed by atoms with Gasteiger partial charge in [-0.05, 0) is 24.0 Å². The second-order valence-electron chi connectivity index (χ2n) is 3.85. The van der Waals surface area contributed by atoms with Crippen molar-refractivity contribution >= 4 is 0 Å². The molecule has 0 saturated carbocycles. The Balaban J connectivity index is 2.12. The highest BCUT2D eigenvalue weighted by atomic mass is 14.9. The third-order valence-electron chi connectivity index (χ3n) is 2.48. The molecule has 0 fully saturated rings. The molecule has 2 heteroatoms. The first-order valence-corrected chi connectivity index (χ1v) is 4.69. The highest BCUT2D eigenvalue weighted by Crippen LogP contribution is 2.30. The van der Waals surface area contributed by atoms with Gasteiger partial charge >= 0.3 is 0 Å². The first kappa shape index (κ1) is 7.87. The number of aromatic nitrogens is 1. The SMILES string of the molecule is CC(C)NC1CCc2c[nH]cc21. The largest absolute Gasteiger partial charge is 0.367 e. The molecule has 0 saturated heterocycles. The number of hydrogen-bond acceptors (Lipinski definition) is 1. The molecule has 0 radical (unpaired) electrons. The Hall–Kier alpha value is -0.760. The van der Waals surface area contributed by atoms with E-state index in [0.717, 1.165) is 0 Å². The van der Waals surface area contributed by atoms with Gasteiger partial charge in [0.25, 0.3) is 0 Å². The van der Waals surface area contributed by atoms with Crippen LogP contribution in [0.25, 0.3) is 0 Å². The lowest BCUT2D eigenvalue weighted by Gasteiger charge is -2.15. The van der Waals surface area contributed by atoms with Crippen molar-refractivity contribution in [3.63, 3.8) is 0 Å². The maximum Gasteiger partial charge on any atom is 0.0343 e. The van der Waals surface area contributed by atoms with Crippen molar-refractivity contribution in [3.8, 4) is 0 Å². The lowest BCUT2D eigenvalue weighted by Crippen LogP contribution is -2.26. The zero-order valence-electron chi connectivity index (χ0n) is 7.72. The van der Waals surface area contributed by atoms with Crippen LogP contribution in [0, 0.1) is 0 Å². The molecule has 2 nitrogen and oxygen atoms in total. The number of aryl methyl sites for hydroxylation is 1. The molecular weight excluding hydrogens is 148 g/mol. The van der Waals surface area contributed by atoms with Crippen molar-refractivity contribution in [2.24, 2.45) is 0 Å². The number of aromatic amines is 1. The van der Waals surface area contributed by atoms with Gasteiger partial charge in [0.05, 0.1) is 0 Å². The lowest BCUT2D eigenvalue weighted by molar-refractivity contribution is 0.474. The van der Waals surface area contributed by atoms with Crippen LogP contribution in [-0.2, 0) is 6.42 Å². The smallest absolute Gasteiger partial charge is 0.0343 e. The zero-order chi connectivity index (χ0) is 8.55. The summed E-state index contributed by atoms with van der Waals surface area (Å²) >= 11 is 0. The van der Waals surface area contributed by atoms with Crippen LogP contribution in [0.1, 0.15) is 37.4 Å². The molecule has 1 aromatic rings. The van der Waals surface area contributed by atoms with Gasteiger partial charge in [-0.3, -0.25) is 0 Å². The average molecular weight is 164 g/mol. The summed E-state index contributed by atoms with van der Waals surface area (Å²) in [6.07, 6.45) is 6.74. The molecule has 1 aromatic heterocycles. The zero-order valence-corrected chi connectivity index (χ0v) is 7.72. The van der Waals surface area contributed by atoms with Crippen molar-refractivity contribution in [1.29, 1.82) is 0 Å². The van der Waals surface area contributed by atoms with E-state index < -0.39 is 0 Å². The van der Waals surface area contributed by atoms with Gasteiger partial charge in [0, 0.05) is 24.5 Å². The van der Waals surface area contributed by atoms with Crippen LogP contribution in [0.5, 0.6) is 0 Å². The molecule has 1 aliphatic carbocycles. The Morgan fingerprint density at radius 1 is 1.50 bits per heavy atom. The van der Waals surface area contributed by atoms with Crippen molar-refractivity contribution in [2.75, 3.05) is 0 Å². The quantitative estimate of drug-likeness (QED) is 0.687. The number of hydrogen-bond donors (Lipinski definition) is 2. The van der Waals surface area contributed by atoms with Crippen LogP contribution >= 0.6 is 0 Å². The molecule has 1 aliphatic rings. The minimum Gasteiger partial charge on any atom is -0.367 e. The Kier molecular flexibility index (Phi) is 1.93. The first-order valence-electron chi connectivity index (χ1n) is 4.69. The second kappa shape index (κ2) is 2.94. The number of H-pyrrole nitrogens is 1. The van der Waals surface area contributed by atoms with Gasteiger partial charge in [-0.1, -0.05) is 13.8 Å². The minimum atomic E-state index is 0.579. The highest BCUT2D eigenvalue weighted by molar-refractivity contribution is 5.31. The summed E-state index contributed by atoms with van der Waals surface area (Å²) in [6, 6.07) is 1.17. The fraction of sp³-hybridized carbons (Fsp3) is 0.600. The summed E-state index contributed by atoms with van der Waals surface area (Å²) in [5.74, 6) is 0. The van der Waals surface area contributed by atoms with Gasteiger partial charge in [0.15, 0.2) is 0 Å². The van der Waals surface area contributed by atoms with E-state index >= 15 is 0 Å². The molecule has 2 rings (SSSR count). The number of nitrogens with one attached hydrogen (secondary N) is 2. The maximum atomic E-state index is 3.56. The number of rotatable bonds is 2. The molecule has 0 spiro atoms. The van der Waals surface area contributed by atoms with Crippen LogP contribution in [0.3, 0.4) is 0 Å². The Labute approximate surface area is 73.4 Å². The van der Waals surface area contributed by atoms with E-state index in [2.05, 4.69) is 36.5 Å². The molecule has 0 aromatic carbocycles. The summed E-state index contributed by atoms with van der Waals surface area (Å²) in [5.41, 5.74) is 2.97. The van der Waals surface area contributed by atoms with Crippen molar-refractivity contribution < 1.29 is 0 Å². The molecule has 0 aliphatic heterocycles. The molecule has 0 amide bonds. The maximum absolute atomic E-state index is 3.56. The summed E-state index contributed by atoms with van der Waals surface area (Å²) in [7, 11) is 0. The molecule has 1 atom stereocenters. The van der Waals surface area contributed by atoms with E-state index in [4.69, 9.17) is 0 Å². The summed E-state index contributed by atoms with van der Waals surface area (Å²) in [6.45, 7) is 4.40. The van der Waals surface area contributed by atoms with E-state index in [0.29, 0.717) is 12.1 Å². The molecule has 12 heavy (non-hydrogen) atoms. The van der Waals surface area contributed by atoms with E-state index in [1.807, 2.05) is 0 Å². The van der Waals surface area contributed by atoms with Crippen molar-refractivity contribution in [1.82, 2.24) is 10.3 Å². The van der Waals surface area contributed by atoms with E-state index in [-0.39, 0.29) is 0 Å². The topological polar surface area (TPSA) is 27.8 Å². The Morgan fingerprint density at radius 2 is 2.33 bits per heavy atom. The van der Waals surface area contributed by atoms with Crippen LogP contribution in [-0.4, -0.2) is 11.0 Å². The van der Waals surface area contributed by atoms with Crippen LogP contribution < -0.4 is 5.32 Å². The van der Waals surface area contributed by atoms with Gasteiger partial charge < -0.3 is 10.3 Å². The van der Waals surface area contributed by atoms with Crippen molar-refractivity contribution in [3.05, 3.63) is 23.5 Å². The van der Waals surface area contributed by atoms with Gasteiger partial charge in [-0.15, -0.1) is 0 Å². The summed E-state index contributed by atoms with van der Waals surface area (Å²) < 4.78 is 0. The Bertz CT molecular complexity index is 263. The number of fused-ring (bicyclic) bond motifs is 1. The summed E-state index contributed by atoms with van der Waals surface area (Å²) in [4.78, 5) is 3.16. The molecular formula is C10H16N2. The second-order valence-corrected chi connectivity index (χ2v) is 3.85. The third kappa shape index (κ3) is 1.27. The lowest BCUT2D eigenvalue weighted by atomic mass is 10.1. The van der Waals surface area contributed by atoms with E-state index in [1.165, 1.54) is 24.0 Å². The standard InChI is InChI=1S/C10H16N2/c1-7(2)12-10-4-3-8-5-11-6-9(8)10/h5-7,10-12H,3-4H2,1-2H3. The fourth-order valence-corrected chi connectivity index (χ4v) is 1.98. The molecule has 1 unspecified atom stereocenters. The Morgan fingerprint density at radius 3 is 3.08 bits per heavy atom. The van der Waals surface area contributed by atoms with E-state index in [9.17, 15) is 0 Å². The van der Waals surface area contributed by atoms with Crippen LogP contribution in [0.2, 0.25) is 0 Å².